The molecule has 0 unspecified atom stereocenters. The summed E-state index contributed by atoms with van der Waals surface area (Å²) in [4.78, 5) is 12.5. The zero-order chi connectivity index (χ0) is 18.9. The number of carbonyl (C=O) groups is 1. The molecule has 11 heteroatoms. The molecule has 9 nitrogen and oxygen atoms in total. The Morgan fingerprint density at radius 3 is 2.62 bits per heavy atom. The second-order valence-corrected chi connectivity index (χ2v) is 10.1. The van der Waals surface area contributed by atoms with Crippen LogP contribution in [0.5, 0.6) is 0 Å². The van der Waals surface area contributed by atoms with Gasteiger partial charge in [-0.3, -0.25) is 4.79 Å². The van der Waals surface area contributed by atoms with Crippen LogP contribution in [0.15, 0.2) is 42.7 Å². The van der Waals surface area contributed by atoms with Crippen molar-refractivity contribution in [1.82, 2.24) is 19.8 Å². The number of carbonyl (C=O) groups excluding carboxylic acids is 1. The molecule has 1 aromatic heterocycles. The number of sulfone groups is 1. The first-order valence-electron chi connectivity index (χ1n) is 7.72. The molecular weight excluding hydrogens is 380 g/mol. The average molecular weight is 398 g/mol. The van der Waals surface area contributed by atoms with Crippen LogP contribution < -0.4 is 10.0 Å². The van der Waals surface area contributed by atoms with E-state index in [9.17, 15) is 21.6 Å². The Bertz CT molecular complexity index is 1020. The minimum absolute atomic E-state index is 0.315. The minimum atomic E-state index is -3.60. The van der Waals surface area contributed by atoms with Crippen LogP contribution in [0.4, 0.5) is 0 Å². The Hall–Kier alpha value is -2.24. The van der Waals surface area contributed by atoms with Crippen LogP contribution in [-0.2, 0) is 19.9 Å². The van der Waals surface area contributed by atoms with Crippen molar-refractivity contribution in [2.45, 2.75) is 12.1 Å². The summed E-state index contributed by atoms with van der Waals surface area (Å²) in [5.41, 5.74) is 0.993. The molecule has 1 saturated heterocycles. The highest BCUT2D eigenvalue weighted by Gasteiger charge is 2.40. The van der Waals surface area contributed by atoms with Crippen molar-refractivity contribution in [3.8, 4) is 5.69 Å². The third-order valence-corrected chi connectivity index (χ3v) is 6.38. The lowest BCUT2D eigenvalue weighted by Crippen LogP contribution is -2.50. The summed E-state index contributed by atoms with van der Waals surface area (Å²) in [7, 11) is -7.05. The lowest BCUT2D eigenvalue weighted by atomic mass is 10.1. The maximum absolute atomic E-state index is 12.5. The maximum atomic E-state index is 12.5. The van der Waals surface area contributed by atoms with Crippen molar-refractivity contribution in [3.63, 3.8) is 0 Å². The lowest BCUT2D eigenvalue weighted by molar-refractivity contribution is 0.0937. The van der Waals surface area contributed by atoms with Gasteiger partial charge in [0.2, 0.25) is 10.0 Å². The van der Waals surface area contributed by atoms with Gasteiger partial charge in [-0.15, -0.1) is 0 Å². The number of nitrogens with zero attached hydrogens (tertiary/aromatic N) is 2. The topological polar surface area (TPSA) is 127 Å². The molecule has 26 heavy (non-hydrogen) atoms. The molecule has 2 atom stereocenters. The molecule has 2 heterocycles. The van der Waals surface area contributed by atoms with Gasteiger partial charge in [-0.25, -0.2) is 26.2 Å². The van der Waals surface area contributed by atoms with Gasteiger partial charge in [0, 0.05) is 18.0 Å². The van der Waals surface area contributed by atoms with Gasteiger partial charge >= 0.3 is 0 Å². The van der Waals surface area contributed by atoms with Crippen molar-refractivity contribution >= 4 is 25.8 Å². The zero-order valence-corrected chi connectivity index (χ0v) is 15.5. The summed E-state index contributed by atoms with van der Waals surface area (Å²) in [6, 6.07) is 6.68. The highest BCUT2D eigenvalue weighted by Crippen LogP contribution is 2.15. The zero-order valence-electron chi connectivity index (χ0n) is 13.9. The Kier molecular flexibility index (Phi) is 4.86. The molecule has 140 valence electrons. The van der Waals surface area contributed by atoms with Crippen molar-refractivity contribution in [1.29, 1.82) is 0 Å². The quantitative estimate of drug-likeness (QED) is 0.687. The average Bonchev–Trinajstić information content (AvgIpc) is 3.14. The van der Waals surface area contributed by atoms with Gasteiger partial charge in [-0.1, -0.05) is 6.07 Å². The van der Waals surface area contributed by atoms with Crippen LogP contribution in [0.3, 0.4) is 0 Å². The molecule has 0 bridgehead atoms. The van der Waals surface area contributed by atoms with E-state index in [0.717, 1.165) is 6.26 Å². The van der Waals surface area contributed by atoms with Crippen LogP contribution in [0.1, 0.15) is 10.4 Å². The van der Waals surface area contributed by atoms with Gasteiger partial charge in [0.15, 0.2) is 9.84 Å². The number of hydrogen-bond acceptors (Lipinski definition) is 6. The Labute approximate surface area is 151 Å². The van der Waals surface area contributed by atoms with E-state index in [-0.39, 0.29) is 11.5 Å². The fourth-order valence-electron chi connectivity index (χ4n) is 2.84. The molecule has 2 aromatic rings. The molecule has 2 N–H and O–H groups in total. The largest absolute Gasteiger partial charge is 0.347 e. The Morgan fingerprint density at radius 2 is 1.96 bits per heavy atom. The van der Waals surface area contributed by atoms with E-state index in [4.69, 9.17) is 0 Å². The van der Waals surface area contributed by atoms with Crippen LogP contribution in [0, 0.1) is 0 Å². The SMILES string of the molecule is CS(=O)(=O)N[C@@H]1CS(=O)(=O)C[C@H]1NC(=O)c1cccc(-n2cccn2)c1. The summed E-state index contributed by atoms with van der Waals surface area (Å²) in [5.74, 6) is -1.15. The predicted molar refractivity (Wildman–Crippen MR) is 95.2 cm³/mol. The van der Waals surface area contributed by atoms with E-state index in [1.165, 1.54) is 0 Å². The molecule has 1 aliphatic heterocycles. The van der Waals surface area contributed by atoms with Crippen molar-refractivity contribution in [2.24, 2.45) is 0 Å². The van der Waals surface area contributed by atoms with Crippen LogP contribution >= 0.6 is 0 Å². The van der Waals surface area contributed by atoms with Crippen molar-refractivity contribution < 1.29 is 21.6 Å². The molecule has 1 aromatic carbocycles. The maximum Gasteiger partial charge on any atom is 0.251 e. The molecule has 0 spiro atoms. The number of sulfonamides is 1. The molecule has 1 amide bonds. The first-order chi connectivity index (χ1) is 12.1. The number of hydrogen-bond donors (Lipinski definition) is 2. The highest BCUT2D eigenvalue weighted by atomic mass is 32.2. The van der Waals surface area contributed by atoms with Gasteiger partial charge in [0.05, 0.1) is 35.5 Å². The summed E-state index contributed by atoms with van der Waals surface area (Å²) < 4.78 is 50.5. The molecule has 0 radical (unpaired) electrons. The normalized spacial score (nSPS) is 22.2. The lowest BCUT2D eigenvalue weighted by Gasteiger charge is -2.20. The molecule has 3 rings (SSSR count). The molecular formula is C15H18N4O5S2. The van der Waals surface area contributed by atoms with Gasteiger partial charge in [-0.2, -0.15) is 5.10 Å². The second kappa shape index (κ2) is 6.82. The molecule has 1 aliphatic rings. The van der Waals surface area contributed by atoms with Gasteiger partial charge in [-0.05, 0) is 24.3 Å². The fourth-order valence-corrected chi connectivity index (χ4v) is 5.61. The van der Waals surface area contributed by atoms with E-state index < -0.39 is 37.9 Å². The third kappa shape index (κ3) is 4.48. The number of rotatable bonds is 5. The van der Waals surface area contributed by atoms with E-state index in [0.29, 0.717) is 11.3 Å². The van der Waals surface area contributed by atoms with E-state index in [2.05, 4.69) is 15.1 Å². The van der Waals surface area contributed by atoms with E-state index >= 15 is 0 Å². The minimum Gasteiger partial charge on any atom is -0.347 e. The number of benzene rings is 1. The first-order valence-corrected chi connectivity index (χ1v) is 11.4. The summed E-state index contributed by atoms with van der Waals surface area (Å²) in [6.07, 6.45) is 4.29. The Balaban J connectivity index is 1.79. The van der Waals surface area contributed by atoms with Crippen molar-refractivity contribution in [2.75, 3.05) is 17.8 Å². The summed E-state index contributed by atoms with van der Waals surface area (Å²) in [6.45, 7) is 0. The summed E-state index contributed by atoms with van der Waals surface area (Å²) >= 11 is 0. The molecule has 1 fully saturated rings. The summed E-state index contributed by atoms with van der Waals surface area (Å²) in [5, 5.41) is 6.71. The first kappa shape index (κ1) is 18.5. The van der Waals surface area contributed by atoms with Gasteiger partial charge in [0.1, 0.15) is 0 Å². The monoisotopic (exact) mass is 398 g/mol. The number of aromatic nitrogens is 2. The van der Waals surface area contributed by atoms with E-state index in [1.54, 1.807) is 47.4 Å². The van der Waals surface area contributed by atoms with E-state index in [1.807, 2.05) is 0 Å². The van der Waals surface area contributed by atoms with Crippen LogP contribution in [0.25, 0.3) is 5.69 Å². The van der Waals surface area contributed by atoms with Gasteiger partial charge in [0.25, 0.3) is 5.91 Å². The van der Waals surface area contributed by atoms with Crippen molar-refractivity contribution in [3.05, 3.63) is 48.3 Å². The number of amides is 1. The van der Waals surface area contributed by atoms with Crippen LogP contribution in [0.2, 0.25) is 0 Å². The highest BCUT2D eigenvalue weighted by molar-refractivity contribution is 7.92. The standard InChI is InChI=1S/C15H18N4O5S2/c1-25(21,22)18-14-10-26(23,24)9-13(14)17-15(20)11-4-2-5-12(8-11)19-7-3-6-16-19/h2-8,13-14,18H,9-10H2,1H3,(H,17,20)/t13-,14-/m1/s1. The molecule has 0 saturated carbocycles. The van der Waals surface area contributed by atoms with Crippen LogP contribution in [-0.4, -0.2) is 62.4 Å². The second-order valence-electron chi connectivity index (χ2n) is 6.15. The third-order valence-electron chi connectivity index (χ3n) is 3.91. The fraction of sp³-hybridized carbons (Fsp3) is 0.333. The predicted octanol–water partition coefficient (Wildman–Crippen LogP) is -0.683. The smallest absolute Gasteiger partial charge is 0.251 e. The Morgan fingerprint density at radius 1 is 1.23 bits per heavy atom. The number of nitrogens with one attached hydrogen (secondary N) is 2. The van der Waals surface area contributed by atoms with Gasteiger partial charge < -0.3 is 5.32 Å². The molecule has 0 aliphatic carbocycles.